The maximum absolute atomic E-state index is 3.52. The molecule has 0 atom stereocenters. The Morgan fingerprint density at radius 2 is 2.18 bits per heavy atom. The minimum Gasteiger partial charge on any atom is -0.353 e. The number of nitrogens with zero attached hydrogens (tertiary/aromatic N) is 2. The summed E-state index contributed by atoms with van der Waals surface area (Å²) in [6, 6.07) is 5.11. The highest BCUT2D eigenvalue weighted by atomic mass is 15.1. The molecule has 2 rings (SSSR count). The second kappa shape index (κ2) is 6.22. The van der Waals surface area contributed by atoms with Gasteiger partial charge in [0.05, 0.1) is 0 Å². The molecule has 0 bridgehead atoms. The van der Waals surface area contributed by atoms with Crippen molar-refractivity contribution in [3.05, 3.63) is 24.0 Å². The Labute approximate surface area is 105 Å². The molecular weight excluding hydrogens is 210 g/mol. The summed E-state index contributed by atoms with van der Waals surface area (Å²) < 4.78 is 2.17. The van der Waals surface area contributed by atoms with E-state index < -0.39 is 0 Å². The van der Waals surface area contributed by atoms with Crippen LogP contribution in [0.4, 0.5) is 0 Å². The van der Waals surface area contributed by atoms with Gasteiger partial charge in [-0.3, -0.25) is 0 Å². The Morgan fingerprint density at radius 3 is 2.82 bits per heavy atom. The van der Waals surface area contributed by atoms with E-state index in [1.54, 1.807) is 0 Å². The SMILES string of the molecule is CN(CCNCc1cccn1C)C1CCCC1. The predicted molar refractivity (Wildman–Crippen MR) is 72.0 cm³/mol. The number of aryl methyl sites for hydroxylation is 1. The van der Waals surface area contributed by atoms with Crippen molar-refractivity contribution < 1.29 is 0 Å². The van der Waals surface area contributed by atoms with Gasteiger partial charge in [0.1, 0.15) is 0 Å². The number of hydrogen-bond acceptors (Lipinski definition) is 2. The van der Waals surface area contributed by atoms with E-state index in [1.807, 2.05) is 0 Å². The number of likely N-dealkylation sites (N-methyl/N-ethyl adjacent to an activating group) is 1. The first-order chi connectivity index (χ1) is 8.27. The summed E-state index contributed by atoms with van der Waals surface area (Å²) in [4.78, 5) is 2.52. The van der Waals surface area contributed by atoms with Crippen molar-refractivity contribution in [2.45, 2.75) is 38.3 Å². The molecule has 1 aliphatic rings. The standard InChI is InChI=1S/C14H25N3/c1-16-10-5-8-14(16)12-15-9-11-17(2)13-6-3-4-7-13/h5,8,10,13,15H,3-4,6-7,9,11-12H2,1-2H3. The molecule has 1 N–H and O–H groups in total. The third kappa shape index (κ3) is 3.58. The van der Waals surface area contributed by atoms with Gasteiger partial charge in [-0.15, -0.1) is 0 Å². The maximum Gasteiger partial charge on any atom is 0.0359 e. The van der Waals surface area contributed by atoms with Crippen molar-refractivity contribution in [2.75, 3.05) is 20.1 Å². The summed E-state index contributed by atoms with van der Waals surface area (Å²) in [6.07, 6.45) is 7.74. The molecule has 1 saturated carbocycles. The van der Waals surface area contributed by atoms with Crippen molar-refractivity contribution in [3.63, 3.8) is 0 Å². The van der Waals surface area contributed by atoms with Crippen LogP contribution in [0.1, 0.15) is 31.4 Å². The highest BCUT2D eigenvalue weighted by Crippen LogP contribution is 2.21. The molecule has 1 aliphatic carbocycles. The fourth-order valence-electron chi connectivity index (χ4n) is 2.68. The number of nitrogens with one attached hydrogen (secondary N) is 1. The van der Waals surface area contributed by atoms with Gasteiger partial charge in [0.15, 0.2) is 0 Å². The largest absolute Gasteiger partial charge is 0.353 e. The average molecular weight is 235 g/mol. The van der Waals surface area contributed by atoms with Crippen LogP contribution in [0, 0.1) is 0 Å². The van der Waals surface area contributed by atoms with Crippen LogP contribution in [-0.4, -0.2) is 35.6 Å². The lowest BCUT2D eigenvalue weighted by atomic mass is 10.2. The molecule has 0 unspecified atom stereocenters. The van der Waals surface area contributed by atoms with E-state index in [-0.39, 0.29) is 0 Å². The maximum atomic E-state index is 3.52. The highest BCUT2D eigenvalue weighted by molar-refractivity contribution is 5.05. The Hall–Kier alpha value is -0.800. The molecule has 3 nitrogen and oxygen atoms in total. The van der Waals surface area contributed by atoms with Crippen LogP contribution in [0.25, 0.3) is 0 Å². The van der Waals surface area contributed by atoms with Crippen LogP contribution in [0.3, 0.4) is 0 Å². The molecule has 17 heavy (non-hydrogen) atoms. The van der Waals surface area contributed by atoms with Gasteiger partial charge in [-0.2, -0.15) is 0 Å². The van der Waals surface area contributed by atoms with E-state index in [9.17, 15) is 0 Å². The fraction of sp³-hybridized carbons (Fsp3) is 0.714. The average Bonchev–Trinajstić information content (AvgIpc) is 2.96. The second-order valence-corrected chi connectivity index (χ2v) is 5.21. The number of rotatable bonds is 6. The van der Waals surface area contributed by atoms with Crippen molar-refractivity contribution in [1.82, 2.24) is 14.8 Å². The van der Waals surface area contributed by atoms with Gasteiger partial charge in [0.2, 0.25) is 0 Å². The van der Waals surface area contributed by atoms with E-state index in [1.165, 1.54) is 31.4 Å². The zero-order valence-electron chi connectivity index (χ0n) is 11.2. The van der Waals surface area contributed by atoms with E-state index in [0.717, 1.165) is 25.7 Å². The lowest BCUT2D eigenvalue weighted by Gasteiger charge is -2.24. The minimum absolute atomic E-state index is 0.840. The van der Waals surface area contributed by atoms with Gasteiger partial charge in [-0.05, 0) is 32.0 Å². The molecule has 0 spiro atoms. The van der Waals surface area contributed by atoms with Crippen LogP contribution in [0.5, 0.6) is 0 Å². The third-order valence-electron chi connectivity index (χ3n) is 3.95. The normalized spacial score (nSPS) is 17.1. The van der Waals surface area contributed by atoms with Gasteiger partial charge in [-0.1, -0.05) is 12.8 Å². The van der Waals surface area contributed by atoms with E-state index >= 15 is 0 Å². The lowest BCUT2D eigenvalue weighted by Crippen LogP contribution is -2.35. The first kappa shape index (κ1) is 12.7. The molecule has 1 heterocycles. The Balaban J connectivity index is 1.61. The Bertz CT molecular complexity index is 326. The van der Waals surface area contributed by atoms with Crippen LogP contribution in [0.15, 0.2) is 18.3 Å². The molecule has 1 aromatic heterocycles. The van der Waals surface area contributed by atoms with Gasteiger partial charge in [-0.25, -0.2) is 0 Å². The molecule has 1 fully saturated rings. The third-order valence-corrected chi connectivity index (χ3v) is 3.95. The fourth-order valence-corrected chi connectivity index (χ4v) is 2.68. The summed E-state index contributed by atoms with van der Waals surface area (Å²) in [7, 11) is 4.36. The quantitative estimate of drug-likeness (QED) is 0.761. The van der Waals surface area contributed by atoms with E-state index in [0.29, 0.717) is 0 Å². The van der Waals surface area contributed by atoms with Crippen molar-refractivity contribution in [2.24, 2.45) is 7.05 Å². The van der Waals surface area contributed by atoms with Crippen molar-refractivity contribution >= 4 is 0 Å². The van der Waals surface area contributed by atoms with Crippen molar-refractivity contribution in [3.8, 4) is 0 Å². The van der Waals surface area contributed by atoms with Crippen LogP contribution >= 0.6 is 0 Å². The Morgan fingerprint density at radius 1 is 1.41 bits per heavy atom. The van der Waals surface area contributed by atoms with E-state index in [4.69, 9.17) is 0 Å². The Kier molecular flexibility index (Phi) is 4.63. The topological polar surface area (TPSA) is 20.2 Å². The summed E-state index contributed by atoms with van der Waals surface area (Å²) in [5.41, 5.74) is 1.36. The van der Waals surface area contributed by atoms with Crippen LogP contribution in [-0.2, 0) is 13.6 Å². The summed E-state index contributed by atoms with van der Waals surface area (Å²) in [5, 5.41) is 3.52. The molecule has 0 radical (unpaired) electrons. The summed E-state index contributed by atoms with van der Waals surface area (Å²) >= 11 is 0. The molecule has 0 saturated heterocycles. The van der Waals surface area contributed by atoms with E-state index in [2.05, 4.69) is 47.2 Å². The first-order valence-corrected chi connectivity index (χ1v) is 6.78. The zero-order valence-corrected chi connectivity index (χ0v) is 11.2. The van der Waals surface area contributed by atoms with Gasteiger partial charge in [0.25, 0.3) is 0 Å². The van der Waals surface area contributed by atoms with Crippen molar-refractivity contribution in [1.29, 1.82) is 0 Å². The van der Waals surface area contributed by atoms with Gasteiger partial charge >= 0.3 is 0 Å². The second-order valence-electron chi connectivity index (χ2n) is 5.21. The summed E-state index contributed by atoms with van der Waals surface area (Å²) in [5.74, 6) is 0. The smallest absolute Gasteiger partial charge is 0.0359 e. The molecule has 3 heteroatoms. The molecule has 0 amide bonds. The first-order valence-electron chi connectivity index (χ1n) is 6.78. The molecule has 0 aliphatic heterocycles. The molecule has 0 aromatic carbocycles. The minimum atomic E-state index is 0.840. The summed E-state index contributed by atoms with van der Waals surface area (Å²) in [6.45, 7) is 3.22. The number of aromatic nitrogens is 1. The zero-order chi connectivity index (χ0) is 12.1. The highest BCUT2D eigenvalue weighted by Gasteiger charge is 2.18. The van der Waals surface area contributed by atoms with Gasteiger partial charge in [0, 0.05) is 44.6 Å². The molecule has 96 valence electrons. The lowest BCUT2D eigenvalue weighted by molar-refractivity contribution is 0.245. The van der Waals surface area contributed by atoms with Crippen LogP contribution in [0.2, 0.25) is 0 Å². The molecule has 1 aromatic rings. The predicted octanol–water partition coefficient (Wildman–Crippen LogP) is 1.99. The van der Waals surface area contributed by atoms with Gasteiger partial charge < -0.3 is 14.8 Å². The molecular formula is C14H25N3. The number of hydrogen-bond donors (Lipinski definition) is 1. The van der Waals surface area contributed by atoms with Crippen LogP contribution < -0.4 is 5.32 Å². The monoisotopic (exact) mass is 235 g/mol.